The Kier molecular flexibility index (Phi) is 4.04. The first-order chi connectivity index (χ1) is 9.11. The minimum atomic E-state index is -0.898. The van der Waals surface area contributed by atoms with Gasteiger partial charge >= 0.3 is 5.97 Å². The number of hydrogen-bond donors (Lipinski definition) is 2. The van der Waals surface area contributed by atoms with Gasteiger partial charge in [-0.25, -0.2) is 4.79 Å². The molecular weight excluding hydrogens is 244 g/mol. The number of benzene rings is 1. The van der Waals surface area contributed by atoms with Gasteiger partial charge in [0.25, 0.3) is 0 Å². The van der Waals surface area contributed by atoms with Crippen molar-refractivity contribution >= 4 is 17.6 Å². The van der Waals surface area contributed by atoms with Gasteiger partial charge in [0.15, 0.2) is 0 Å². The first-order valence-corrected chi connectivity index (χ1v) is 6.43. The molecule has 1 amide bonds. The minimum Gasteiger partial charge on any atom is -0.478 e. The predicted molar refractivity (Wildman–Crippen MR) is 72.6 cm³/mol. The SMILES string of the molecule is CNC(=O)CCN1CCCc2cc(C(=O)O)ccc21. The van der Waals surface area contributed by atoms with E-state index in [9.17, 15) is 9.59 Å². The number of hydrogen-bond acceptors (Lipinski definition) is 3. The van der Waals surface area contributed by atoms with Crippen LogP contribution < -0.4 is 10.2 Å². The highest BCUT2D eigenvalue weighted by Gasteiger charge is 2.18. The van der Waals surface area contributed by atoms with E-state index >= 15 is 0 Å². The fourth-order valence-corrected chi connectivity index (χ4v) is 2.40. The molecule has 1 aromatic carbocycles. The monoisotopic (exact) mass is 262 g/mol. The Balaban J connectivity index is 2.15. The van der Waals surface area contributed by atoms with Gasteiger partial charge in [0.2, 0.25) is 5.91 Å². The van der Waals surface area contributed by atoms with Crippen LogP contribution in [0.5, 0.6) is 0 Å². The minimum absolute atomic E-state index is 0.0225. The topological polar surface area (TPSA) is 69.6 Å². The van der Waals surface area contributed by atoms with E-state index in [1.165, 1.54) is 0 Å². The van der Waals surface area contributed by atoms with Crippen molar-refractivity contribution in [3.05, 3.63) is 29.3 Å². The van der Waals surface area contributed by atoms with E-state index in [2.05, 4.69) is 10.2 Å². The van der Waals surface area contributed by atoms with Gasteiger partial charge in [0, 0.05) is 32.2 Å². The first-order valence-electron chi connectivity index (χ1n) is 6.43. The van der Waals surface area contributed by atoms with Gasteiger partial charge in [0.05, 0.1) is 5.56 Å². The van der Waals surface area contributed by atoms with Crippen LogP contribution in [0.25, 0.3) is 0 Å². The highest BCUT2D eigenvalue weighted by molar-refractivity contribution is 5.88. The number of rotatable bonds is 4. The second kappa shape index (κ2) is 5.73. The quantitative estimate of drug-likeness (QED) is 0.857. The molecule has 0 fully saturated rings. The van der Waals surface area contributed by atoms with Crippen LogP contribution in [-0.4, -0.2) is 37.1 Å². The van der Waals surface area contributed by atoms with Gasteiger partial charge in [-0.1, -0.05) is 0 Å². The molecule has 0 saturated heterocycles. The van der Waals surface area contributed by atoms with Gasteiger partial charge in [0.1, 0.15) is 0 Å². The standard InChI is InChI=1S/C14H18N2O3/c1-15-13(17)6-8-16-7-2-3-10-9-11(14(18)19)4-5-12(10)16/h4-5,9H,2-3,6-8H2,1H3,(H,15,17)(H,18,19). The van der Waals surface area contributed by atoms with Gasteiger partial charge in [-0.3, -0.25) is 4.79 Å². The molecule has 2 N–H and O–H groups in total. The Labute approximate surface area is 112 Å². The van der Waals surface area contributed by atoms with Crippen molar-refractivity contribution in [3.63, 3.8) is 0 Å². The van der Waals surface area contributed by atoms with Crippen molar-refractivity contribution in [2.75, 3.05) is 25.0 Å². The smallest absolute Gasteiger partial charge is 0.335 e. The van der Waals surface area contributed by atoms with E-state index in [1.807, 2.05) is 6.07 Å². The summed E-state index contributed by atoms with van der Waals surface area (Å²) in [6, 6.07) is 5.21. The molecule has 1 heterocycles. The Morgan fingerprint density at radius 2 is 2.21 bits per heavy atom. The lowest BCUT2D eigenvalue weighted by atomic mass is 9.99. The number of nitrogens with one attached hydrogen (secondary N) is 1. The van der Waals surface area contributed by atoms with Gasteiger partial charge < -0.3 is 15.3 Å². The first kappa shape index (κ1) is 13.4. The number of carbonyl (C=O) groups is 2. The molecule has 0 unspecified atom stereocenters. The molecule has 0 saturated carbocycles. The number of nitrogens with zero attached hydrogens (tertiary/aromatic N) is 1. The number of carbonyl (C=O) groups excluding carboxylic acids is 1. The zero-order valence-electron chi connectivity index (χ0n) is 11.0. The van der Waals surface area contributed by atoms with Gasteiger partial charge in [-0.15, -0.1) is 0 Å². The summed E-state index contributed by atoms with van der Waals surface area (Å²) in [6.07, 6.45) is 2.34. The lowest BCUT2D eigenvalue weighted by molar-refractivity contribution is -0.120. The van der Waals surface area contributed by atoms with E-state index < -0.39 is 5.97 Å². The Hall–Kier alpha value is -2.04. The third-order valence-electron chi connectivity index (χ3n) is 3.43. The van der Waals surface area contributed by atoms with Gasteiger partial charge in [-0.05, 0) is 36.6 Å². The molecule has 1 aromatic rings. The van der Waals surface area contributed by atoms with E-state index in [0.29, 0.717) is 18.5 Å². The van der Waals surface area contributed by atoms with Crippen LogP contribution in [0.2, 0.25) is 0 Å². The second-order valence-corrected chi connectivity index (χ2v) is 4.66. The number of amides is 1. The number of anilines is 1. The fraction of sp³-hybridized carbons (Fsp3) is 0.429. The number of fused-ring (bicyclic) bond motifs is 1. The largest absolute Gasteiger partial charge is 0.478 e. The molecule has 19 heavy (non-hydrogen) atoms. The van der Waals surface area contributed by atoms with Crippen molar-refractivity contribution in [3.8, 4) is 0 Å². The molecule has 5 nitrogen and oxygen atoms in total. The Morgan fingerprint density at radius 1 is 1.42 bits per heavy atom. The third-order valence-corrected chi connectivity index (χ3v) is 3.43. The molecule has 0 spiro atoms. The number of carboxylic acid groups (broad SMARTS) is 1. The maximum Gasteiger partial charge on any atom is 0.335 e. The molecule has 5 heteroatoms. The average Bonchev–Trinajstić information content (AvgIpc) is 2.43. The molecule has 0 aliphatic carbocycles. The second-order valence-electron chi connectivity index (χ2n) is 4.66. The third kappa shape index (κ3) is 3.05. The Bertz CT molecular complexity index is 499. The zero-order chi connectivity index (χ0) is 13.8. The zero-order valence-corrected chi connectivity index (χ0v) is 11.0. The van der Waals surface area contributed by atoms with E-state index in [-0.39, 0.29) is 5.91 Å². The van der Waals surface area contributed by atoms with Gasteiger partial charge in [-0.2, -0.15) is 0 Å². The van der Waals surface area contributed by atoms with Crippen LogP contribution in [0.1, 0.15) is 28.8 Å². The molecule has 0 aromatic heterocycles. The predicted octanol–water partition coefficient (Wildman–Crippen LogP) is 1.27. The Morgan fingerprint density at radius 3 is 2.89 bits per heavy atom. The maximum absolute atomic E-state index is 11.3. The molecule has 2 rings (SSSR count). The highest BCUT2D eigenvalue weighted by atomic mass is 16.4. The normalized spacial score (nSPS) is 13.8. The molecule has 0 atom stereocenters. The maximum atomic E-state index is 11.3. The molecule has 1 aliphatic rings. The van der Waals surface area contributed by atoms with Crippen molar-refractivity contribution in [1.29, 1.82) is 0 Å². The van der Waals surface area contributed by atoms with E-state index in [0.717, 1.165) is 30.6 Å². The van der Waals surface area contributed by atoms with Crippen LogP contribution in [0.4, 0.5) is 5.69 Å². The van der Waals surface area contributed by atoms with Crippen molar-refractivity contribution < 1.29 is 14.7 Å². The summed E-state index contributed by atoms with van der Waals surface area (Å²) in [6.45, 7) is 1.58. The van der Waals surface area contributed by atoms with Crippen molar-refractivity contribution in [2.24, 2.45) is 0 Å². The molecule has 0 radical (unpaired) electrons. The summed E-state index contributed by atoms with van der Waals surface area (Å²) in [7, 11) is 1.63. The number of carboxylic acids is 1. The van der Waals surface area contributed by atoms with Crippen LogP contribution in [0, 0.1) is 0 Å². The van der Waals surface area contributed by atoms with E-state index in [1.54, 1.807) is 19.2 Å². The molecule has 0 bridgehead atoms. The fourth-order valence-electron chi connectivity index (χ4n) is 2.40. The number of aryl methyl sites for hydroxylation is 1. The molecule has 1 aliphatic heterocycles. The summed E-state index contributed by atoms with van der Waals surface area (Å²) in [5.74, 6) is -0.875. The van der Waals surface area contributed by atoms with Crippen LogP contribution in [0.15, 0.2) is 18.2 Å². The van der Waals surface area contributed by atoms with Crippen LogP contribution in [-0.2, 0) is 11.2 Å². The summed E-state index contributed by atoms with van der Waals surface area (Å²) >= 11 is 0. The summed E-state index contributed by atoms with van der Waals surface area (Å²) in [5.41, 5.74) is 2.44. The van der Waals surface area contributed by atoms with Crippen LogP contribution >= 0.6 is 0 Å². The summed E-state index contributed by atoms with van der Waals surface area (Å²) < 4.78 is 0. The molecule has 102 valence electrons. The average molecular weight is 262 g/mol. The summed E-state index contributed by atoms with van der Waals surface area (Å²) in [5, 5.41) is 11.6. The molecular formula is C14H18N2O3. The number of aromatic carboxylic acids is 1. The summed E-state index contributed by atoms with van der Waals surface area (Å²) in [4.78, 5) is 24.4. The lowest BCUT2D eigenvalue weighted by Gasteiger charge is -2.31. The van der Waals surface area contributed by atoms with Crippen molar-refractivity contribution in [1.82, 2.24) is 5.32 Å². The van der Waals surface area contributed by atoms with Crippen molar-refractivity contribution in [2.45, 2.75) is 19.3 Å². The van der Waals surface area contributed by atoms with E-state index in [4.69, 9.17) is 5.11 Å². The highest BCUT2D eigenvalue weighted by Crippen LogP contribution is 2.28. The van der Waals surface area contributed by atoms with Crippen LogP contribution in [0.3, 0.4) is 0 Å². The lowest BCUT2D eigenvalue weighted by Crippen LogP contribution is -2.33.